The molecule has 3 aromatic carbocycles. The number of benzene rings is 3. The molecule has 2 aliphatic heterocycles. The summed E-state index contributed by atoms with van der Waals surface area (Å²) in [6, 6.07) is 17.0. The van der Waals surface area contributed by atoms with Crippen molar-refractivity contribution in [2.24, 2.45) is 0 Å². The highest BCUT2D eigenvalue weighted by Gasteiger charge is 2.37. The molecule has 0 radical (unpaired) electrons. The van der Waals surface area contributed by atoms with Crippen molar-refractivity contribution >= 4 is 5.91 Å². The molecule has 2 atom stereocenters. The number of halogens is 3. The molecule has 0 bridgehead atoms. The minimum atomic E-state index is -4.60. The summed E-state index contributed by atoms with van der Waals surface area (Å²) in [5.41, 5.74) is 2.90. The summed E-state index contributed by atoms with van der Waals surface area (Å²) in [5, 5.41) is 0. The van der Waals surface area contributed by atoms with Crippen LogP contribution in [0.4, 0.5) is 13.2 Å². The third kappa shape index (κ3) is 9.46. The molecule has 2 aliphatic rings. The van der Waals surface area contributed by atoms with Crippen LogP contribution in [-0.4, -0.2) is 50.6 Å². The molecule has 0 spiro atoms. The Kier molecular flexibility index (Phi) is 13.5. The number of amides is 1. The van der Waals surface area contributed by atoms with Gasteiger partial charge in [0.05, 0.1) is 20.3 Å². The van der Waals surface area contributed by atoms with Gasteiger partial charge in [0.2, 0.25) is 6.10 Å². The number of methoxy groups -OCH3 is 2. The van der Waals surface area contributed by atoms with Gasteiger partial charge >= 0.3 is 6.36 Å². The number of carbonyl (C=O) groups is 1. The fraction of sp³-hybridized carbons (Fsp3) is 0.424. The Labute approximate surface area is 252 Å². The first-order valence-electron chi connectivity index (χ1n) is 14.4. The van der Waals surface area contributed by atoms with E-state index in [2.05, 4.69) is 4.74 Å². The summed E-state index contributed by atoms with van der Waals surface area (Å²) in [4.78, 5) is 15.0. The van der Waals surface area contributed by atoms with Crippen molar-refractivity contribution in [2.45, 2.75) is 66.5 Å². The number of ether oxygens (including phenoxy) is 5. The van der Waals surface area contributed by atoms with E-state index in [1.165, 1.54) is 18.2 Å². The Morgan fingerprint density at radius 2 is 1.58 bits per heavy atom. The quantitative estimate of drug-likeness (QED) is 0.301. The van der Waals surface area contributed by atoms with Crippen molar-refractivity contribution in [1.29, 1.82) is 0 Å². The van der Waals surface area contributed by atoms with Gasteiger partial charge in [-0.15, -0.1) is 13.2 Å². The van der Waals surface area contributed by atoms with Crippen molar-refractivity contribution in [3.63, 3.8) is 0 Å². The Hall–Kier alpha value is -4.08. The molecule has 0 saturated heterocycles. The molecule has 3 aromatic rings. The van der Waals surface area contributed by atoms with Crippen molar-refractivity contribution in [1.82, 2.24) is 4.90 Å². The zero-order valence-electron chi connectivity index (χ0n) is 26.1. The van der Waals surface area contributed by atoms with Crippen molar-refractivity contribution in [3.8, 4) is 28.7 Å². The van der Waals surface area contributed by atoms with Crippen LogP contribution in [-0.2, 0) is 11.2 Å². The molecule has 43 heavy (non-hydrogen) atoms. The van der Waals surface area contributed by atoms with Gasteiger partial charge in [0.15, 0.2) is 11.5 Å². The first-order valence-corrected chi connectivity index (χ1v) is 14.4. The third-order valence-corrected chi connectivity index (χ3v) is 6.45. The second-order valence-electron chi connectivity index (χ2n) is 9.09. The van der Waals surface area contributed by atoms with Crippen molar-refractivity contribution in [2.75, 3.05) is 27.4 Å². The van der Waals surface area contributed by atoms with E-state index < -0.39 is 12.5 Å². The van der Waals surface area contributed by atoms with Gasteiger partial charge in [0.25, 0.3) is 5.91 Å². The predicted molar refractivity (Wildman–Crippen MR) is 160 cm³/mol. The molecule has 236 valence electrons. The zero-order valence-corrected chi connectivity index (χ0v) is 26.1. The smallest absolute Gasteiger partial charge is 0.497 e. The molecule has 0 aromatic heterocycles. The molecule has 0 fully saturated rings. The van der Waals surface area contributed by atoms with Gasteiger partial charge in [-0.05, 0) is 61.7 Å². The largest absolute Gasteiger partial charge is 0.573 e. The number of hydrogen-bond donors (Lipinski definition) is 0. The number of fused-ring (bicyclic) bond motifs is 2. The Bertz CT molecular complexity index is 1300. The van der Waals surface area contributed by atoms with E-state index in [9.17, 15) is 18.0 Å². The average Bonchev–Trinajstić information content (AvgIpc) is 3.01. The summed E-state index contributed by atoms with van der Waals surface area (Å²) in [6.45, 7) is 12.5. The van der Waals surface area contributed by atoms with Gasteiger partial charge in [-0.25, -0.2) is 0 Å². The fourth-order valence-electron chi connectivity index (χ4n) is 4.65. The van der Waals surface area contributed by atoms with E-state index in [1.807, 2.05) is 75.9 Å². The number of carbonyl (C=O) groups excluding carboxylic acids is 1. The summed E-state index contributed by atoms with van der Waals surface area (Å²) >= 11 is 0. The highest BCUT2D eigenvalue weighted by atomic mass is 19.4. The lowest BCUT2D eigenvalue weighted by Crippen LogP contribution is -2.49. The Morgan fingerprint density at radius 1 is 0.907 bits per heavy atom. The van der Waals surface area contributed by atoms with E-state index in [1.54, 1.807) is 27.2 Å². The van der Waals surface area contributed by atoms with E-state index >= 15 is 0 Å². The van der Waals surface area contributed by atoms with Crippen LogP contribution in [0.3, 0.4) is 0 Å². The minimum Gasteiger partial charge on any atom is -0.497 e. The van der Waals surface area contributed by atoms with Crippen LogP contribution in [0.15, 0.2) is 60.7 Å². The lowest BCUT2D eigenvalue weighted by Gasteiger charge is -2.38. The van der Waals surface area contributed by atoms with Gasteiger partial charge < -0.3 is 28.6 Å². The lowest BCUT2D eigenvalue weighted by molar-refractivity contribution is -0.274. The van der Waals surface area contributed by atoms with Crippen molar-refractivity contribution < 1.29 is 41.7 Å². The van der Waals surface area contributed by atoms with Gasteiger partial charge in [-0.2, -0.15) is 0 Å². The van der Waals surface area contributed by atoms with E-state index in [-0.39, 0.29) is 24.3 Å². The van der Waals surface area contributed by atoms with Crippen LogP contribution in [0.25, 0.3) is 0 Å². The highest BCUT2D eigenvalue weighted by Crippen LogP contribution is 2.40. The number of hydrogen-bond acceptors (Lipinski definition) is 6. The summed E-state index contributed by atoms with van der Waals surface area (Å²) in [6.07, 6.45) is -4.51. The van der Waals surface area contributed by atoms with Crippen LogP contribution in [0.5, 0.6) is 28.7 Å². The van der Waals surface area contributed by atoms with Gasteiger partial charge in [0, 0.05) is 18.2 Å². The van der Waals surface area contributed by atoms with Gasteiger partial charge in [0.1, 0.15) is 23.9 Å². The molecule has 10 heteroatoms. The van der Waals surface area contributed by atoms with Crippen LogP contribution >= 0.6 is 0 Å². The summed E-state index contributed by atoms with van der Waals surface area (Å²) < 4.78 is 61.2. The van der Waals surface area contributed by atoms with Gasteiger partial charge in [-0.3, -0.25) is 4.79 Å². The molecule has 1 amide bonds. The molecule has 2 heterocycles. The van der Waals surface area contributed by atoms with E-state index in [0.29, 0.717) is 18.0 Å². The number of aryl methyl sites for hydroxylation is 1. The van der Waals surface area contributed by atoms with Crippen molar-refractivity contribution in [3.05, 3.63) is 77.4 Å². The number of nitrogens with zero attached hydrogens (tertiary/aromatic N) is 1. The average molecular weight is 606 g/mol. The van der Waals surface area contributed by atoms with Crippen LogP contribution in [0, 0.1) is 6.92 Å². The number of rotatable bonds is 4. The summed E-state index contributed by atoms with van der Waals surface area (Å²) in [7, 11) is 3.28. The third-order valence-electron chi connectivity index (χ3n) is 6.45. The summed E-state index contributed by atoms with van der Waals surface area (Å²) in [5.74, 6) is 2.53. The Morgan fingerprint density at radius 3 is 2.19 bits per heavy atom. The molecular formula is C33H42F3NO6. The molecule has 5 rings (SSSR count). The van der Waals surface area contributed by atoms with E-state index in [4.69, 9.17) is 18.9 Å². The number of para-hydroxylation sites is 2. The topological polar surface area (TPSA) is 66.5 Å². The zero-order chi connectivity index (χ0) is 32.2. The molecule has 7 nitrogen and oxygen atoms in total. The fourth-order valence-corrected chi connectivity index (χ4v) is 4.65. The maximum absolute atomic E-state index is 13.2. The molecule has 0 aliphatic carbocycles. The first-order chi connectivity index (χ1) is 20.6. The Balaban J connectivity index is 0.000000339. The minimum absolute atomic E-state index is 0.0690. The first kappa shape index (κ1) is 35.1. The molecule has 0 saturated carbocycles. The predicted octanol–water partition coefficient (Wildman–Crippen LogP) is 7.94. The second-order valence-corrected chi connectivity index (χ2v) is 9.09. The SMILES string of the molecule is CC.CC.COc1cc2c(c(OC)c1)C(C)N(C(=O)C1COc3ccccc3O1)CC2.Cc1cccc(OC(F)(F)F)c1. The molecule has 0 N–H and O–H groups in total. The van der Waals surface area contributed by atoms with Gasteiger partial charge in [-0.1, -0.05) is 52.0 Å². The maximum atomic E-state index is 13.2. The highest BCUT2D eigenvalue weighted by molar-refractivity contribution is 5.83. The normalized spacial score (nSPS) is 16.4. The molecular weight excluding hydrogens is 563 g/mol. The molecule has 2 unspecified atom stereocenters. The second kappa shape index (κ2) is 16.5. The van der Waals surface area contributed by atoms with E-state index in [0.717, 1.165) is 34.6 Å². The maximum Gasteiger partial charge on any atom is 0.573 e. The van der Waals surface area contributed by atoms with Crippen LogP contribution in [0.2, 0.25) is 0 Å². The van der Waals surface area contributed by atoms with Crippen LogP contribution in [0.1, 0.15) is 57.4 Å². The monoisotopic (exact) mass is 605 g/mol. The lowest BCUT2D eigenvalue weighted by atomic mass is 9.91. The number of alkyl halides is 3. The van der Waals surface area contributed by atoms with Crippen LogP contribution < -0.4 is 23.7 Å². The standard InChI is InChI=1S/C21H23NO5.C8H7F3O.2C2H6/c1-13-20-14(10-15(24-2)11-18(20)25-3)8-9-22(13)21(23)19-12-26-16-6-4-5-7-17(16)27-19;1-6-3-2-4-7(5-6)12-8(9,10)11;2*1-2/h4-7,10-11,13,19H,8-9,12H2,1-3H3;2-5H,1H3;2*1-2H3.